The summed E-state index contributed by atoms with van der Waals surface area (Å²) >= 11 is 5.71. The molecular formula is C27H27F3N2O4S. The van der Waals surface area contributed by atoms with E-state index >= 15 is 0 Å². The summed E-state index contributed by atoms with van der Waals surface area (Å²) in [6.45, 7) is 0.842. The SMILES string of the molecule is COc1ccc(OC[C@H]2c3cc(OC)c(OC)cc3CCN2C(=S)Nc2ccc(C(F)(F)F)cc2)cc1. The van der Waals surface area contributed by atoms with Crippen molar-refractivity contribution in [3.05, 3.63) is 77.4 Å². The van der Waals surface area contributed by atoms with Gasteiger partial charge in [0.2, 0.25) is 0 Å². The molecule has 1 heterocycles. The van der Waals surface area contributed by atoms with Crippen LogP contribution in [0.1, 0.15) is 22.7 Å². The molecule has 1 aliphatic heterocycles. The molecule has 4 rings (SSSR count). The van der Waals surface area contributed by atoms with Crippen molar-refractivity contribution >= 4 is 23.0 Å². The molecule has 0 aliphatic carbocycles. The highest BCUT2D eigenvalue weighted by Crippen LogP contribution is 2.39. The minimum absolute atomic E-state index is 0.268. The number of ether oxygens (including phenoxy) is 4. The molecule has 0 fully saturated rings. The van der Waals surface area contributed by atoms with Gasteiger partial charge in [0.1, 0.15) is 18.1 Å². The number of nitrogens with one attached hydrogen (secondary N) is 1. The van der Waals surface area contributed by atoms with Gasteiger partial charge in [0.15, 0.2) is 16.6 Å². The first-order valence-electron chi connectivity index (χ1n) is 11.5. The molecule has 0 saturated carbocycles. The van der Waals surface area contributed by atoms with Gasteiger partial charge in [0.25, 0.3) is 0 Å². The van der Waals surface area contributed by atoms with Crippen LogP contribution in [0.4, 0.5) is 18.9 Å². The van der Waals surface area contributed by atoms with Gasteiger partial charge in [-0.25, -0.2) is 0 Å². The molecule has 0 aromatic heterocycles. The third kappa shape index (κ3) is 6.02. The highest BCUT2D eigenvalue weighted by molar-refractivity contribution is 7.80. The molecule has 196 valence electrons. The van der Waals surface area contributed by atoms with Gasteiger partial charge in [-0.3, -0.25) is 0 Å². The molecule has 1 aliphatic rings. The third-order valence-corrected chi connectivity index (χ3v) is 6.53. The van der Waals surface area contributed by atoms with E-state index in [2.05, 4.69) is 5.32 Å². The molecule has 0 radical (unpaired) electrons. The molecule has 1 atom stereocenters. The maximum atomic E-state index is 13.0. The smallest absolute Gasteiger partial charge is 0.416 e. The summed E-state index contributed by atoms with van der Waals surface area (Å²) in [7, 11) is 4.76. The van der Waals surface area contributed by atoms with Crippen LogP contribution in [0, 0.1) is 0 Å². The Morgan fingerprint density at radius 2 is 1.54 bits per heavy atom. The second-order valence-corrected chi connectivity index (χ2v) is 8.74. The Balaban J connectivity index is 1.60. The van der Waals surface area contributed by atoms with Crippen molar-refractivity contribution in [1.82, 2.24) is 4.90 Å². The lowest BCUT2D eigenvalue weighted by Crippen LogP contribution is -2.44. The van der Waals surface area contributed by atoms with Gasteiger partial charge >= 0.3 is 6.18 Å². The molecule has 1 N–H and O–H groups in total. The Kier molecular flexibility index (Phi) is 7.97. The zero-order valence-corrected chi connectivity index (χ0v) is 21.4. The van der Waals surface area contributed by atoms with Crippen LogP contribution in [0.15, 0.2) is 60.7 Å². The summed E-state index contributed by atoms with van der Waals surface area (Å²) in [5.41, 5.74) is 1.79. The van der Waals surface area contributed by atoms with E-state index in [1.54, 1.807) is 21.3 Å². The Morgan fingerprint density at radius 3 is 2.14 bits per heavy atom. The van der Waals surface area contributed by atoms with Crippen LogP contribution in [-0.4, -0.2) is 44.5 Å². The standard InChI is InChI=1S/C27H27F3N2O4S/c1-33-20-8-10-21(11-9-20)36-16-23-22-15-25(35-3)24(34-2)14-17(22)12-13-32(23)26(37)31-19-6-4-18(5-7-19)27(28,29)30/h4-11,14-15,23H,12-13,16H2,1-3H3,(H,31,37)/t23-/m0/s1. The van der Waals surface area contributed by atoms with Gasteiger partial charge in [-0.1, -0.05) is 0 Å². The van der Waals surface area contributed by atoms with Crippen molar-refractivity contribution in [1.29, 1.82) is 0 Å². The van der Waals surface area contributed by atoms with Crippen LogP contribution in [0.3, 0.4) is 0 Å². The van der Waals surface area contributed by atoms with E-state index in [1.165, 1.54) is 12.1 Å². The molecule has 0 amide bonds. The quantitative estimate of drug-likeness (QED) is 0.369. The molecule has 0 saturated heterocycles. The molecule has 0 bridgehead atoms. The Labute approximate surface area is 218 Å². The number of halogens is 3. The Bertz CT molecular complexity index is 1230. The number of fused-ring (bicyclic) bond motifs is 1. The number of nitrogens with zero attached hydrogens (tertiary/aromatic N) is 1. The predicted octanol–water partition coefficient (Wildman–Crippen LogP) is 6.11. The van der Waals surface area contributed by atoms with Gasteiger partial charge in [-0.2, -0.15) is 13.2 Å². The van der Waals surface area contributed by atoms with Crippen LogP contribution in [0.25, 0.3) is 0 Å². The summed E-state index contributed by atoms with van der Waals surface area (Å²) in [5.74, 6) is 2.60. The Hall–Kier alpha value is -3.66. The first-order chi connectivity index (χ1) is 17.7. The number of hydrogen-bond acceptors (Lipinski definition) is 5. The van der Waals surface area contributed by atoms with Crippen LogP contribution in [0.2, 0.25) is 0 Å². The van der Waals surface area contributed by atoms with Crippen molar-refractivity contribution in [2.45, 2.75) is 18.6 Å². The topological polar surface area (TPSA) is 52.2 Å². The van der Waals surface area contributed by atoms with E-state index in [0.29, 0.717) is 41.0 Å². The van der Waals surface area contributed by atoms with Gasteiger partial charge in [0.05, 0.1) is 32.9 Å². The first kappa shape index (κ1) is 26.4. The molecule has 10 heteroatoms. The third-order valence-electron chi connectivity index (χ3n) is 6.19. The number of benzene rings is 3. The van der Waals surface area contributed by atoms with Crippen molar-refractivity contribution in [3.63, 3.8) is 0 Å². The van der Waals surface area contributed by atoms with Crippen LogP contribution < -0.4 is 24.3 Å². The number of alkyl halides is 3. The van der Waals surface area contributed by atoms with Crippen LogP contribution in [0.5, 0.6) is 23.0 Å². The molecular weight excluding hydrogens is 505 g/mol. The van der Waals surface area contributed by atoms with E-state index in [0.717, 1.165) is 29.0 Å². The fourth-order valence-electron chi connectivity index (χ4n) is 4.24. The lowest BCUT2D eigenvalue weighted by Gasteiger charge is -2.39. The average Bonchev–Trinajstić information content (AvgIpc) is 2.90. The zero-order chi connectivity index (χ0) is 26.6. The number of anilines is 1. The molecule has 3 aromatic carbocycles. The van der Waals surface area contributed by atoms with Crippen molar-refractivity contribution < 1.29 is 32.1 Å². The largest absolute Gasteiger partial charge is 0.497 e. The summed E-state index contributed by atoms with van der Waals surface area (Å²) in [6.07, 6.45) is -3.72. The summed E-state index contributed by atoms with van der Waals surface area (Å²) < 4.78 is 61.2. The van der Waals surface area contributed by atoms with Crippen LogP contribution in [-0.2, 0) is 12.6 Å². The number of rotatable bonds is 7. The molecule has 6 nitrogen and oxygen atoms in total. The van der Waals surface area contributed by atoms with E-state index < -0.39 is 11.7 Å². The molecule has 0 spiro atoms. The minimum atomic E-state index is -4.40. The monoisotopic (exact) mass is 532 g/mol. The lowest BCUT2D eigenvalue weighted by molar-refractivity contribution is -0.137. The second-order valence-electron chi connectivity index (χ2n) is 8.36. The van der Waals surface area contributed by atoms with Gasteiger partial charge < -0.3 is 29.2 Å². The highest BCUT2D eigenvalue weighted by atomic mass is 32.1. The van der Waals surface area contributed by atoms with Crippen molar-refractivity contribution in [3.8, 4) is 23.0 Å². The zero-order valence-electron chi connectivity index (χ0n) is 20.6. The fraction of sp³-hybridized carbons (Fsp3) is 0.296. The molecule has 3 aromatic rings. The minimum Gasteiger partial charge on any atom is -0.497 e. The predicted molar refractivity (Wildman–Crippen MR) is 139 cm³/mol. The van der Waals surface area contributed by atoms with Gasteiger partial charge in [-0.15, -0.1) is 0 Å². The molecule has 37 heavy (non-hydrogen) atoms. The van der Waals surface area contributed by atoms with Gasteiger partial charge in [0, 0.05) is 12.2 Å². The summed E-state index contributed by atoms with van der Waals surface area (Å²) in [5, 5.41) is 3.46. The van der Waals surface area contributed by atoms with E-state index in [9.17, 15) is 13.2 Å². The number of thiocarbonyl (C=S) groups is 1. The van der Waals surface area contributed by atoms with Gasteiger partial charge in [-0.05, 0) is 90.4 Å². The van der Waals surface area contributed by atoms with Crippen LogP contribution >= 0.6 is 12.2 Å². The highest BCUT2D eigenvalue weighted by Gasteiger charge is 2.32. The second kappa shape index (κ2) is 11.2. The summed E-state index contributed by atoms with van der Waals surface area (Å²) in [4.78, 5) is 1.98. The maximum Gasteiger partial charge on any atom is 0.416 e. The van der Waals surface area contributed by atoms with E-state index in [4.69, 9.17) is 31.2 Å². The number of methoxy groups -OCH3 is 3. The first-order valence-corrected chi connectivity index (χ1v) is 11.9. The lowest BCUT2D eigenvalue weighted by atomic mass is 9.92. The molecule has 0 unspecified atom stereocenters. The number of hydrogen-bond donors (Lipinski definition) is 1. The fourth-order valence-corrected chi connectivity index (χ4v) is 4.57. The van der Waals surface area contributed by atoms with Crippen molar-refractivity contribution in [2.24, 2.45) is 0 Å². The van der Waals surface area contributed by atoms with Crippen molar-refractivity contribution in [2.75, 3.05) is 39.8 Å². The summed E-state index contributed by atoms with van der Waals surface area (Å²) in [6, 6.07) is 15.6. The Morgan fingerprint density at radius 1 is 0.919 bits per heavy atom. The normalized spacial score (nSPS) is 15.0. The maximum absolute atomic E-state index is 13.0. The average molecular weight is 533 g/mol. The van der Waals surface area contributed by atoms with E-state index in [1.807, 2.05) is 41.3 Å². The van der Waals surface area contributed by atoms with E-state index in [-0.39, 0.29) is 12.6 Å².